The Morgan fingerprint density at radius 2 is 1.16 bits per heavy atom. The largest absolute Gasteiger partial charge is 0.466 e. The van der Waals surface area contributed by atoms with Crippen molar-refractivity contribution < 1.29 is 66.6 Å². The molecule has 0 radical (unpaired) electrons. The first-order valence-electron chi connectivity index (χ1n) is 5.48. The van der Waals surface area contributed by atoms with Crippen LogP contribution in [0.25, 0.3) is 0 Å². The zero-order chi connectivity index (χ0) is 20.6. The van der Waals surface area contributed by atoms with Crippen LogP contribution in [0.1, 0.15) is 6.42 Å². The second-order valence-corrected chi connectivity index (χ2v) is 4.33. The molecule has 0 saturated carbocycles. The van der Waals surface area contributed by atoms with Gasteiger partial charge in [-0.2, -0.15) is 57.1 Å². The van der Waals surface area contributed by atoms with Crippen molar-refractivity contribution in [3.05, 3.63) is 11.7 Å². The molecule has 0 aliphatic carbocycles. The molecule has 0 bridgehead atoms. The Kier molecular flexibility index (Phi) is 6.11. The number of halogens is 13. The maximum Gasteiger partial charge on any atom is 0.460 e. The van der Waals surface area contributed by atoms with E-state index in [9.17, 15) is 61.9 Å². The highest BCUT2D eigenvalue weighted by Gasteiger charge is 2.87. The minimum absolute atomic E-state index is 0.286. The van der Waals surface area contributed by atoms with Gasteiger partial charge in [0.1, 0.15) is 5.57 Å². The van der Waals surface area contributed by atoms with Crippen LogP contribution in [0.15, 0.2) is 11.7 Å². The lowest BCUT2D eigenvalue weighted by molar-refractivity contribution is -0.421. The molecule has 0 unspecified atom stereocenters. The fraction of sp³-hybridized carbons (Fsp3) is 0.700. The summed E-state index contributed by atoms with van der Waals surface area (Å²) in [6.07, 6.45) is -14.1. The second-order valence-electron chi connectivity index (χ2n) is 4.33. The van der Waals surface area contributed by atoms with Gasteiger partial charge in [-0.25, -0.2) is 4.79 Å². The minimum atomic E-state index is -7.74. The van der Waals surface area contributed by atoms with E-state index in [2.05, 4.69) is 4.74 Å². The number of hydrogen-bond donors (Lipinski definition) is 0. The number of carbonyl (C=O) groups excluding carboxylic acids is 1. The molecule has 0 aliphatic rings. The van der Waals surface area contributed by atoms with Gasteiger partial charge in [-0.1, -0.05) is 0 Å². The van der Waals surface area contributed by atoms with Gasteiger partial charge in [0.25, 0.3) is 6.08 Å². The van der Waals surface area contributed by atoms with Crippen LogP contribution >= 0.6 is 0 Å². The normalized spacial score (nSPS) is 14.3. The van der Waals surface area contributed by atoms with Gasteiger partial charge in [-0.15, -0.1) is 0 Å². The molecule has 0 fully saturated rings. The summed E-state index contributed by atoms with van der Waals surface area (Å²) in [5.41, 5.74) is -2.61. The van der Waals surface area contributed by atoms with Crippen LogP contribution in [-0.4, -0.2) is 42.9 Å². The van der Waals surface area contributed by atoms with Crippen molar-refractivity contribution in [1.29, 1.82) is 0 Å². The van der Waals surface area contributed by atoms with Crippen LogP contribution in [0.3, 0.4) is 0 Å². The smallest absolute Gasteiger partial charge is 0.460 e. The standard InChI is InChI=1S/C10H5F13O2/c1-25-5(24)3(4(11)12)2-6(13,14)7(15,16)8(17,18)9(19,20)10(21,22)23/h2H2,1H3. The van der Waals surface area contributed by atoms with Crippen LogP contribution in [0.4, 0.5) is 57.1 Å². The Labute approximate surface area is 129 Å². The van der Waals surface area contributed by atoms with E-state index in [1.165, 1.54) is 0 Å². The first kappa shape index (κ1) is 23.3. The van der Waals surface area contributed by atoms with Crippen LogP contribution < -0.4 is 0 Å². The lowest BCUT2D eigenvalue weighted by Gasteiger charge is -2.37. The molecule has 0 atom stereocenters. The van der Waals surface area contributed by atoms with E-state index in [1.807, 2.05) is 0 Å². The maximum atomic E-state index is 13.2. The highest BCUT2D eigenvalue weighted by atomic mass is 19.4. The molecule has 0 rings (SSSR count). The molecule has 15 heteroatoms. The lowest BCUT2D eigenvalue weighted by atomic mass is 9.93. The number of alkyl halides is 11. The zero-order valence-corrected chi connectivity index (χ0v) is 11.4. The van der Waals surface area contributed by atoms with E-state index >= 15 is 0 Å². The summed E-state index contributed by atoms with van der Waals surface area (Å²) in [6.45, 7) is 0. The molecule has 0 aliphatic heterocycles. The van der Waals surface area contributed by atoms with Gasteiger partial charge in [-0.05, 0) is 0 Å². The van der Waals surface area contributed by atoms with E-state index in [0.717, 1.165) is 0 Å². The predicted octanol–water partition coefficient (Wildman–Crippen LogP) is 4.80. The topological polar surface area (TPSA) is 26.3 Å². The van der Waals surface area contributed by atoms with Gasteiger partial charge in [0.2, 0.25) is 0 Å². The van der Waals surface area contributed by atoms with Crippen LogP contribution in [-0.2, 0) is 9.53 Å². The number of ether oxygens (including phenoxy) is 1. The highest BCUT2D eigenvalue weighted by molar-refractivity contribution is 5.88. The summed E-state index contributed by atoms with van der Waals surface area (Å²) in [6, 6.07) is 0. The summed E-state index contributed by atoms with van der Waals surface area (Å²) < 4.78 is 167. The molecular weight excluding hydrogens is 399 g/mol. The molecular formula is C10H5F13O2. The average Bonchev–Trinajstić information content (AvgIpc) is 2.41. The van der Waals surface area contributed by atoms with Crippen molar-refractivity contribution in [2.45, 2.75) is 36.3 Å². The zero-order valence-electron chi connectivity index (χ0n) is 11.4. The van der Waals surface area contributed by atoms with Crippen LogP contribution in [0.2, 0.25) is 0 Å². The number of esters is 1. The Morgan fingerprint density at radius 1 is 0.760 bits per heavy atom. The van der Waals surface area contributed by atoms with E-state index < -0.39 is 53.9 Å². The van der Waals surface area contributed by atoms with Gasteiger partial charge >= 0.3 is 35.8 Å². The van der Waals surface area contributed by atoms with Gasteiger partial charge in [0.15, 0.2) is 0 Å². The Bertz CT molecular complexity index is 542. The molecule has 0 aromatic carbocycles. The van der Waals surface area contributed by atoms with Gasteiger partial charge in [0, 0.05) is 0 Å². The van der Waals surface area contributed by atoms with E-state index in [-0.39, 0.29) is 7.11 Å². The van der Waals surface area contributed by atoms with Crippen LogP contribution in [0, 0.1) is 0 Å². The van der Waals surface area contributed by atoms with E-state index in [0.29, 0.717) is 0 Å². The highest BCUT2D eigenvalue weighted by Crippen LogP contribution is 2.58. The van der Waals surface area contributed by atoms with Gasteiger partial charge < -0.3 is 4.74 Å². The second kappa shape index (κ2) is 6.55. The SMILES string of the molecule is COC(=O)C(CC(F)(F)C(F)(F)C(F)(F)C(F)(F)C(F)(F)F)=C(F)F. The van der Waals surface area contributed by atoms with Crippen LogP contribution in [0.5, 0.6) is 0 Å². The quantitative estimate of drug-likeness (QED) is 0.361. The molecule has 0 heterocycles. The summed E-state index contributed by atoms with van der Waals surface area (Å²) >= 11 is 0. The third-order valence-electron chi connectivity index (χ3n) is 2.66. The third kappa shape index (κ3) is 3.78. The molecule has 2 nitrogen and oxygen atoms in total. The average molecular weight is 404 g/mol. The third-order valence-corrected chi connectivity index (χ3v) is 2.66. The van der Waals surface area contributed by atoms with Crippen molar-refractivity contribution in [3.63, 3.8) is 0 Å². The first-order chi connectivity index (χ1) is 10.8. The molecule has 0 aromatic rings. The van der Waals surface area contributed by atoms with Crippen molar-refractivity contribution in [3.8, 4) is 0 Å². The van der Waals surface area contributed by atoms with E-state index in [1.54, 1.807) is 0 Å². The Morgan fingerprint density at radius 3 is 1.44 bits per heavy atom. The first-order valence-corrected chi connectivity index (χ1v) is 5.48. The lowest BCUT2D eigenvalue weighted by Crippen LogP contribution is -2.66. The number of rotatable bonds is 6. The Balaban J connectivity index is 6.14. The predicted molar refractivity (Wildman–Crippen MR) is 51.7 cm³/mol. The van der Waals surface area contributed by atoms with Gasteiger partial charge in [-0.3, -0.25) is 0 Å². The Hall–Kier alpha value is -1.70. The van der Waals surface area contributed by atoms with Gasteiger partial charge in [0.05, 0.1) is 13.5 Å². The summed E-state index contributed by atoms with van der Waals surface area (Å²) in [5.74, 6) is -31.9. The maximum absolute atomic E-state index is 13.2. The van der Waals surface area contributed by atoms with Crippen molar-refractivity contribution in [2.75, 3.05) is 7.11 Å². The molecule has 0 spiro atoms. The molecule has 0 saturated heterocycles. The summed E-state index contributed by atoms with van der Waals surface area (Å²) in [4.78, 5) is 10.7. The number of hydrogen-bond acceptors (Lipinski definition) is 2. The fourth-order valence-corrected chi connectivity index (χ4v) is 1.28. The van der Waals surface area contributed by atoms with Crippen molar-refractivity contribution in [1.82, 2.24) is 0 Å². The van der Waals surface area contributed by atoms with Crippen molar-refractivity contribution in [2.24, 2.45) is 0 Å². The van der Waals surface area contributed by atoms with E-state index in [4.69, 9.17) is 0 Å². The minimum Gasteiger partial charge on any atom is -0.466 e. The van der Waals surface area contributed by atoms with Crippen molar-refractivity contribution >= 4 is 5.97 Å². The summed E-state index contributed by atoms with van der Waals surface area (Å²) in [7, 11) is 0.286. The monoisotopic (exact) mass is 404 g/mol. The molecule has 0 aromatic heterocycles. The number of methoxy groups -OCH3 is 1. The molecule has 0 N–H and O–H groups in total. The summed E-state index contributed by atoms with van der Waals surface area (Å²) in [5, 5.41) is 0. The molecule has 0 amide bonds. The fourth-order valence-electron chi connectivity index (χ4n) is 1.28. The molecule has 25 heavy (non-hydrogen) atoms. The number of carbonyl (C=O) groups is 1. The molecule has 148 valence electrons.